The molecule has 0 N–H and O–H groups in total. The smallest absolute Gasteiger partial charge is 0.0719 e. The van der Waals surface area contributed by atoms with Crippen molar-refractivity contribution in [1.82, 2.24) is 0 Å². The van der Waals surface area contributed by atoms with Gasteiger partial charge in [-0.25, -0.2) is 0 Å². The van der Waals surface area contributed by atoms with Gasteiger partial charge in [-0.05, 0) is 49.9 Å². The van der Waals surface area contributed by atoms with E-state index < -0.39 is 15.8 Å². The van der Waals surface area contributed by atoms with Crippen molar-refractivity contribution in [1.29, 1.82) is 0 Å². The molecule has 1 fully saturated rings. The van der Waals surface area contributed by atoms with Crippen molar-refractivity contribution < 1.29 is 0 Å². The summed E-state index contributed by atoms with van der Waals surface area (Å²) < 4.78 is 0. The summed E-state index contributed by atoms with van der Waals surface area (Å²) in [6.45, 7) is 0. The number of rotatable bonds is 10. The first-order valence-corrected chi connectivity index (χ1v) is 16.7. The quantitative estimate of drug-likeness (QED) is 0.160. The SMILES string of the molecule is C(/CP(c1ccccc1)c1ccccc1)=N\[C@@H]1CCCC[C@H]1/N=C/CP(c1ccccc1)c1ccccc1. The minimum absolute atomic E-state index is 0.295. The molecule has 192 valence electrons. The third-order valence-corrected chi connectivity index (χ3v) is 11.8. The average molecular weight is 535 g/mol. The molecule has 0 aromatic heterocycles. The fourth-order valence-electron chi connectivity index (χ4n) is 5.12. The Morgan fingerprint density at radius 1 is 0.474 bits per heavy atom. The van der Waals surface area contributed by atoms with Crippen LogP contribution in [0, 0.1) is 0 Å². The van der Waals surface area contributed by atoms with Crippen LogP contribution in [0.4, 0.5) is 0 Å². The number of benzene rings is 4. The van der Waals surface area contributed by atoms with Gasteiger partial charge >= 0.3 is 0 Å². The van der Waals surface area contributed by atoms with E-state index >= 15 is 0 Å². The molecule has 0 spiro atoms. The highest BCUT2D eigenvalue weighted by molar-refractivity contribution is 7.74. The molecule has 0 radical (unpaired) electrons. The second-order valence-electron chi connectivity index (χ2n) is 9.65. The van der Waals surface area contributed by atoms with E-state index in [4.69, 9.17) is 9.98 Å². The van der Waals surface area contributed by atoms with Crippen molar-refractivity contribution in [3.63, 3.8) is 0 Å². The molecule has 0 aliphatic heterocycles. The molecular weight excluding hydrogens is 498 g/mol. The molecule has 4 aromatic carbocycles. The molecule has 0 bridgehead atoms. The largest absolute Gasteiger partial charge is 0.292 e. The summed E-state index contributed by atoms with van der Waals surface area (Å²) >= 11 is 0. The van der Waals surface area contributed by atoms with Crippen LogP contribution < -0.4 is 21.2 Å². The minimum atomic E-state index is -0.448. The maximum Gasteiger partial charge on any atom is 0.0719 e. The van der Waals surface area contributed by atoms with Crippen LogP contribution in [-0.4, -0.2) is 36.8 Å². The number of hydrogen-bond acceptors (Lipinski definition) is 2. The topological polar surface area (TPSA) is 24.7 Å². The summed E-state index contributed by atoms with van der Waals surface area (Å²) in [6, 6.07) is 44.3. The van der Waals surface area contributed by atoms with Gasteiger partial charge in [0, 0.05) is 24.8 Å². The van der Waals surface area contributed by atoms with Crippen molar-refractivity contribution in [2.45, 2.75) is 37.8 Å². The van der Waals surface area contributed by atoms with Gasteiger partial charge in [0.25, 0.3) is 0 Å². The fraction of sp³-hybridized carbons (Fsp3) is 0.235. The van der Waals surface area contributed by atoms with Crippen LogP contribution in [0.5, 0.6) is 0 Å². The van der Waals surface area contributed by atoms with Gasteiger partial charge in [0.05, 0.1) is 12.1 Å². The van der Waals surface area contributed by atoms with Gasteiger partial charge in [-0.15, -0.1) is 0 Å². The van der Waals surface area contributed by atoms with Gasteiger partial charge in [-0.1, -0.05) is 134 Å². The first-order valence-electron chi connectivity index (χ1n) is 13.7. The van der Waals surface area contributed by atoms with Crippen molar-refractivity contribution in [3.8, 4) is 0 Å². The molecule has 0 unspecified atom stereocenters. The first-order chi connectivity index (χ1) is 18.9. The lowest BCUT2D eigenvalue weighted by Gasteiger charge is -2.26. The van der Waals surface area contributed by atoms with E-state index in [9.17, 15) is 0 Å². The van der Waals surface area contributed by atoms with Gasteiger partial charge in [0.2, 0.25) is 0 Å². The molecule has 1 aliphatic rings. The summed E-state index contributed by atoms with van der Waals surface area (Å²) in [7, 11) is -0.897. The molecule has 0 saturated heterocycles. The predicted molar refractivity (Wildman–Crippen MR) is 171 cm³/mol. The molecule has 2 nitrogen and oxygen atoms in total. The van der Waals surface area contributed by atoms with E-state index in [0.717, 1.165) is 25.2 Å². The van der Waals surface area contributed by atoms with Crippen LogP contribution in [0.2, 0.25) is 0 Å². The van der Waals surface area contributed by atoms with E-state index in [0.29, 0.717) is 12.1 Å². The van der Waals surface area contributed by atoms with Crippen LogP contribution in [-0.2, 0) is 0 Å². The maximum absolute atomic E-state index is 5.15. The molecule has 5 rings (SSSR count). The molecule has 0 amide bonds. The van der Waals surface area contributed by atoms with Crippen molar-refractivity contribution in [2.75, 3.05) is 12.3 Å². The van der Waals surface area contributed by atoms with E-state index in [1.165, 1.54) is 34.1 Å². The Kier molecular flexibility index (Phi) is 10.0. The summed E-state index contributed by atoms with van der Waals surface area (Å²) in [6.07, 6.45) is 11.2. The minimum Gasteiger partial charge on any atom is -0.292 e. The van der Waals surface area contributed by atoms with Crippen LogP contribution >= 0.6 is 15.8 Å². The number of aliphatic imine (C=N–C) groups is 2. The highest BCUT2D eigenvalue weighted by Gasteiger charge is 2.23. The zero-order valence-corrected chi connectivity index (χ0v) is 23.7. The second kappa shape index (κ2) is 14.3. The highest BCUT2D eigenvalue weighted by atomic mass is 31.1. The van der Waals surface area contributed by atoms with Gasteiger partial charge in [0.1, 0.15) is 0 Å². The Balaban J connectivity index is 1.27. The Bertz CT molecular complexity index is 1100. The lowest BCUT2D eigenvalue weighted by atomic mass is 9.91. The molecule has 2 atom stereocenters. The highest BCUT2D eigenvalue weighted by Crippen LogP contribution is 2.34. The molecule has 38 heavy (non-hydrogen) atoms. The van der Waals surface area contributed by atoms with Crippen LogP contribution in [0.1, 0.15) is 25.7 Å². The summed E-state index contributed by atoms with van der Waals surface area (Å²) in [5.74, 6) is 0. The maximum atomic E-state index is 5.15. The van der Waals surface area contributed by atoms with Gasteiger partial charge in [0.15, 0.2) is 0 Å². The fourth-order valence-corrected chi connectivity index (χ4v) is 9.20. The summed E-state index contributed by atoms with van der Waals surface area (Å²) in [4.78, 5) is 10.3. The summed E-state index contributed by atoms with van der Waals surface area (Å²) in [5.41, 5.74) is 0. The zero-order valence-electron chi connectivity index (χ0n) is 21.9. The van der Waals surface area contributed by atoms with Crippen LogP contribution in [0.3, 0.4) is 0 Å². The molecule has 1 aliphatic carbocycles. The molecule has 4 aromatic rings. The van der Waals surface area contributed by atoms with Gasteiger partial charge < -0.3 is 0 Å². The number of hydrogen-bond donors (Lipinski definition) is 0. The van der Waals surface area contributed by atoms with Crippen molar-refractivity contribution in [3.05, 3.63) is 121 Å². The van der Waals surface area contributed by atoms with Crippen LogP contribution in [0.25, 0.3) is 0 Å². The Labute approximate surface area is 230 Å². The van der Waals surface area contributed by atoms with E-state index in [2.05, 4.69) is 134 Å². The summed E-state index contributed by atoms with van der Waals surface area (Å²) in [5, 5.41) is 5.64. The van der Waals surface area contributed by atoms with Crippen LogP contribution in [0.15, 0.2) is 131 Å². The molecule has 4 heteroatoms. The lowest BCUT2D eigenvalue weighted by molar-refractivity contribution is 0.390. The molecule has 0 heterocycles. The second-order valence-corrected chi connectivity index (χ2v) is 14.2. The lowest BCUT2D eigenvalue weighted by Crippen LogP contribution is -2.27. The van der Waals surface area contributed by atoms with E-state index in [1.807, 2.05) is 0 Å². The molecular formula is C34H36N2P2. The van der Waals surface area contributed by atoms with Crippen molar-refractivity contribution >= 4 is 49.5 Å². The van der Waals surface area contributed by atoms with Gasteiger partial charge in [-0.2, -0.15) is 0 Å². The number of nitrogens with zero attached hydrogens (tertiary/aromatic N) is 2. The average Bonchev–Trinajstić information content (AvgIpc) is 3.00. The third-order valence-electron chi connectivity index (χ3n) is 7.09. The Morgan fingerprint density at radius 2 is 0.763 bits per heavy atom. The standard InChI is InChI=1S/C34H36N2P2/c1-5-15-29(16-6-1)37(30-17-7-2-8-18-30)27-25-35-33-23-13-14-24-34(33)36-26-28-38(31-19-9-3-10-20-31)32-21-11-4-12-22-32/h1-12,15-22,25-26,33-34H,13-14,23-24,27-28H2/b35-25+,36-26+/t33-,34-/m1/s1. The third kappa shape index (κ3) is 7.35. The first kappa shape index (κ1) is 26.7. The molecule has 1 saturated carbocycles. The normalized spacial score (nSPS) is 18.1. The van der Waals surface area contributed by atoms with Crippen molar-refractivity contribution in [2.24, 2.45) is 9.98 Å². The zero-order chi connectivity index (χ0) is 25.8. The Morgan fingerprint density at radius 3 is 1.05 bits per heavy atom. The van der Waals surface area contributed by atoms with E-state index in [1.54, 1.807) is 0 Å². The monoisotopic (exact) mass is 534 g/mol. The predicted octanol–water partition coefficient (Wildman–Crippen LogP) is 6.71. The van der Waals surface area contributed by atoms with E-state index in [-0.39, 0.29) is 0 Å². The Hall–Kier alpha value is -2.92. The van der Waals surface area contributed by atoms with Gasteiger partial charge in [-0.3, -0.25) is 9.98 Å².